The van der Waals surface area contributed by atoms with Crippen LogP contribution in [0.25, 0.3) is 10.2 Å². The standard InChI is InChI=1S/C9H8FNOS/c10-6-1-2-7-8(5-6)13-9(11-7)3-4-12/h1-2,5,12H,3-4H2. The average Bonchev–Trinajstić information content (AvgIpc) is 2.46. The van der Waals surface area contributed by atoms with E-state index in [9.17, 15) is 4.39 Å². The molecular weight excluding hydrogens is 189 g/mol. The minimum absolute atomic E-state index is 0.0856. The molecule has 1 aromatic heterocycles. The topological polar surface area (TPSA) is 33.1 Å². The Hall–Kier alpha value is -1.000. The van der Waals surface area contributed by atoms with E-state index in [0.717, 1.165) is 15.2 Å². The number of aromatic nitrogens is 1. The monoisotopic (exact) mass is 197 g/mol. The Morgan fingerprint density at radius 3 is 3.08 bits per heavy atom. The molecule has 0 bridgehead atoms. The van der Waals surface area contributed by atoms with Gasteiger partial charge in [-0.25, -0.2) is 9.37 Å². The van der Waals surface area contributed by atoms with E-state index in [0.29, 0.717) is 6.42 Å². The zero-order valence-electron chi connectivity index (χ0n) is 6.83. The smallest absolute Gasteiger partial charge is 0.124 e. The van der Waals surface area contributed by atoms with Crippen molar-refractivity contribution in [2.45, 2.75) is 6.42 Å². The summed E-state index contributed by atoms with van der Waals surface area (Å²) < 4.78 is 13.6. The van der Waals surface area contributed by atoms with Crippen LogP contribution in [0.5, 0.6) is 0 Å². The number of halogens is 1. The van der Waals surface area contributed by atoms with Crippen LogP contribution >= 0.6 is 11.3 Å². The molecule has 1 heterocycles. The zero-order valence-corrected chi connectivity index (χ0v) is 7.64. The second kappa shape index (κ2) is 3.40. The maximum Gasteiger partial charge on any atom is 0.124 e. The summed E-state index contributed by atoms with van der Waals surface area (Å²) in [4.78, 5) is 4.24. The number of hydrogen-bond acceptors (Lipinski definition) is 3. The van der Waals surface area contributed by atoms with Crippen LogP contribution < -0.4 is 0 Å². The van der Waals surface area contributed by atoms with Gasteiger partial charge < -0.3 is 5.11 Å². The summed E-state index contributed by atoms with van der Waals surface area (Å²) in [6, 6.07) is 4.51. The molecule has 0 saturated heterocycles. The molecule has 1 aromatic carbocycles. The first kappa shape index (κ1) is 8.59. The first-order chi connectivity index (χ1) is 6.29. The summed E-state index contributed by atoms with van der Waals surface area (Å²) in [5.41, 5.74) is 0.801. The second-order valence-electron chi connectivity index (χ2n) is 2.69. The number of hydrogen-bond donors (Lipinski definition) is 1. The van der Waals surface area contributed by atoms with Gasteiger partial charge in [-0.2, -0.15) is 0 Å². The van der Waals surface area contributed by atoms with Gasteiger partial charge in [0.1, 0.15) is 5.82 Å². The molecular formula is C9H8FNOS. The second-order valence-corrected chi connectivity index (χ2v) is 3.81. The molecule has 13 heavy (non-hydrogen) atoms. The molecule has 4 heteroatoms. The fraction of sp³-hybridized carbons (Fsp3) is 0.222. The number of benzene rings is 1. The SMILES string of the molecule is OCCc1nc2ccc(F)cc2s1. The highest BCUT2D eigenvalue weighted by Gasteiger charge is 2.03. The van der Waals surface area contributed by atoms with E-state index in [1.54, 1.807) is 6.07 Å². The van der Waals surface area contributed by atoms with E-state index < -0.39 is 0 Å². The lowest BCUT2D eigenvalue weighted by molar-refractivity contribution is 0.299. The summed E-state index contributed by atoms with van der Waals surface area (Å²) in [5.74, 6) is -0.244. The lowest BCUT2D eigenvalue weighted by Gasteiger charge is -1.85. The van der Waals surface area contributed by atoms with Crippen molar-refractivity contribution in [2.75, 3.05) is 6.61 Å². The van der Waals surface area contributed by atoms with Gasteiger partial charge in [0.15, 0.2) is 0 Å². The Bertz CT molecular complexity index is 426. The van der Waals surface area contributed by atoms with Crippen molar-refractivity contribution >= 4 is 21.6 Å². The molecule has 2 nitrogen and oxygen atoms in total. The van der Waals surface area contributed by atoms with E-state index in [1.807, 2.05) is 0 Å². The molecule has 68 valence electrons. The van der Waals surface area contributed by atoms with Crippen LogP contribution in [0.15, 0.2) is 18.2 Å². The van der Waals surface area contributed by atoms with Crippen LogP contribution in [0.3, 0.4) is 0 Å². The summed E-state index contributed by atoms with van der Waals surface area (Å²) in [5, 5.41) is 9.54. The molecule has 0 amide bonds. The summed E-state index contributed by atoms with van der Waals surface area (Å²) in [6.07, 6.45) is 0.543. The first-order valence-corrected chi connectivity index (χ1v) is 4.77. The van der Waals surface area contributed by atoms with E-state index in [-0.39, 0.29) is 12.4 Å². The van der Waals surface area contributed by atoms with Crippen LogP contribution in [0.1, 0.15) is 5.01 Å². The molecule has 2 aromatic rings. The molecule has 0 aliphatic heterocycles. The Labute approximate surface area is 78.7 Å². The van der Waals surface area contributed by atoms with Gasteiger partial charge in [0.2, 0.25) is 0 Å². The predicted molar refractivity (Wildman–Crippen MR) is 50.4 cm³/mol. The molecule has 1 N–H and O–H groups in total. The fourth-order valence-electron chi connectivity index (χ4n) is 1.15. The minimum atomic E-state index is -0.244. The zero-order chi connectivity index (χ0) is 9.26. The largest absolute Gasteiger partial charge is 0.396 e. The van der Waals surface area contributed by atoms with Crippen molar-refractivity contribution in [3.63, 3.8) is 0 Å². The van der Waals surface area contributed by atoms with Gasteiger partial charge in [-0.15, -0.1) is 11.3 Å². The quantitative estimate of drug-likeness (QED) is 0.798. The maximum absolute atomic E-state index is 12.8. The van der Waals surface area contributed by atoms with Crippen molar-refractivity contribution in [3.8, 4) is 0 Å². The number of rotatable bonds is 2. The number of thiazole rings is 1. The summed E-state index contributed by atoms with van der Waals surface area (Å²) in [6.45, 7) is 0.0856. The highest BCUT2D eigenvalue weighted by Crippen LogP contribution is 2.22. The summed E-state index contributed by atoms with van der Waals surface area (Å²) in [7, 11) is 0. The molecule has 0 aliphatic carbocycles. The number of aliphatic hydroxyl groups excluding tert-OH is 1. The van der Waals surface area contributed by atoms with Gasteiger partial charge >= 0.3 is 0 Å². The number of aliphatic hydroxyl groups is 1. The van der Waals surface area contributed by atoms with Gasteiger partial charge in [-0.1, -0.05) is 0 Å². The van der Waals surface area contributed by atoms with Gasteiger partial charge in [-0.3, -0.25) is 0 Å². The third-order valence-corrected chi connectivity index (χ3v) is 2.80. The van der Waals surface area contributed by atoms with E-state index in [1.165, 1.54) is 23.5 Å². The summed E-state index contributed by atoms with van der Waals surface area (Å²) >= 11 is 1.42. The minimum Gasteiger partial charge on any atom is -0.396 e. The van der Waals surface area contributed by atoms with Crippen LogP contribution in [0.2, 0.25) is 0 Å². The Balaban J connectivity index is 2.49. The van der Waals surface area contributed by atoms with Crippen LogP contribution in [0.4, 0.5) is 4.39 Å². The Morgan fingerprint density at radius 1 is 1.46 bits per heavy atom. The average molecular weight is 197 g/mol. The lowest BCUT2D eigenvalue weighted by Crippen LogP contribution is -1.87. The normalized spacial score (nSPS) is 10.9. The van der Waals surface area contributed by atoms with Gasteiger partial charge in [0.25, 0.3) is 0 Å². The van der Waals surface area contributed by atoms with Gasteiger partial charge in [0, 0.05) is 13.0 Å². The van der Waals surface area contributed by atoms with E-state index >= 15 is 0 Å². The third kappa shape index (κ3) is 1.68. The fourth-order valence-corrected chi connectivity index (χ4v) is 2.13. The number of nitrogens with zero attached hydrogens (tertiary/aromatic N) is 1. The van der Waals surface area contributed by atoms with Crippen LogP contribution in [-0.2, 0) is 6.42 Å². The molecule has 2 rings (SSSR count). The van der Waals surface area contributed by atoms with Crippen molar-refractivity contribution in [3.05, 3.63) is 29.0 Å². The third-order valence-electron chi connectivity index (χ3n) is 1.72. The molecule has 0 fully saturated rings. The van der Waals surface area contributed by atoms with Crippen molar-refractivity contribution in [1.29, 1.82) is 0 Å². The molecule has 0 radical (unpaired) electrons. The van der Waals surface area contributed by atoms with Crippen LogP contribution in [-0.4, -0.2) is 16.7 Å². The Morgan fingerprint density at radius 2 is 2.31 bits per heavy atom. The maximum atomic E-state index is 12.8. The molecule has 0 unspecified atom stereocenters. The highest BCUT2D eigenvalue weighted by molar-refractivity contribution is 7.18. The molecule has 0 aliphatic rings. The van der Waals surface area contributed by atoms with Crippen molar-refractivity contribution in [2.24, 2.45) is 0 Å². The lowest BCUT2D eigenvalue weighted by atomic mass is 10.3. The highest BCUT2D eigenvalue weighted by atomic mass is 32.1. The van der Waals surface area contributed by atoms with Crippen molar-refractivity contribution < 1.29 is 9.50 Å². The predicted octanol–water partition coefficient (Wildman–Crippen LogP) is 1.97. The van der Waals surface area contributed by atoms with Gasteiger partial charge in [-0.05, 0) is 18.2 Å². The first-order valence-electron chi connectivity index (χ1n) is 3.95. The molecule has 0 spiro atoms. The van der Waals surface area contributed by atoms with Gasteiger partial charge in [0.05, 0.1) is 15.2 Å². The van der Waals surface area contributed by atoms with E-state index in [4.69, 9.17) is 5.11 Å². The molecule has 0 atom stereocenters. The Kier molecular flexibility index (Phi) is 2.24. The van der Waals surface area contributed by atoms with E-state index in [2.05, 4.69) is 4.98 Å². The van der Waals surface area contributed by atoms with Crippen LogP contribution in [0, 0.1) is 5.82 Å². The molecule has 0 saturated carbocycles. The van der Waals surface area contributed by atoms with Crippen molar-refractivity contribution in [1.82, 2.24) is 4.98 Å². The number of fused-ring (bicyclic) bond motifs is 1.